The first-order chi connectivity index (χ1) is 6.89. The summed E-state index contributed by atoms with van der Waals surface area (Å²) in [4.78, 5) is 11.2. The van der Waals surface area contributed by atoms with E-state index in [4.69, 9.17) is 0 Å². The van der Waals surface area contributed by atoms with E-state index in [2.05, 4.69) is 10.6 Å². The predicted molar refractivity (Wildman–Crippen MR) is 65.6 cm³/mol. The molecule has 0 radical (unpaired) electrons. The Bertz CT molecular complexity index is 149. The third-order valence-electron chi connectivity index (χ3n) is 2.67. The molecule has 0 saturated carbocycles. The molecular weight excluding hydrogens is 212 g/mol. The van der Waals surface area contributed by atoms with Gasteiger partial charge in [0.05, 0.1) is 0 Å². The van der Waals surface area contributed by atoms with Gasteiger partial charge in [0.2, 0.25) is 0 Å². The highest BCUT2D eigenvalue weighted by Crippen LogP contribution is 2.08. The van der Waals surface area contributed by atoms with Gasteiger partial charge in [-0.25, -0.2) is 4.79 Å². The summed E-state index contributed by atoms with van der Waals surface area (Å²) in [6, 6.07) is 0.00393. The molecule has 0 aromatic heterocycles. The van der Waals surface area contributed by atoms with Gasteiger partial charge in [0, 0.05) is 13.1 Å². The monoisotopic (exact) mass is 234 g/mol. The fourth-order valence-corrected chi connectivity index (χ4v) is 1.78. The maximum absolute atomic E-state index is 11.2. The highest BCUT2D eigenvalue weighted by molar-refractivity contribution is 5.85. The molecule has 2 N–H and O–H groups in total. The van der Waals surface area contributed by atoms with E-state index in [1.807, 2.05) is 0 Å². The average molecular weight is 235 g/mol. The van der Waals surface area contributed by atoms with Crippen LogP contribution in [0.4, 0.5) is 4.79 Å². The standard InChI is InChI=1S/C11H22N2O.ClH/c14-11-12-9-7-5-3-1-2-4-6-8-10-13-11;/h1-10H2,(H2,12,13,14);1H. The molecule has 0 bridgehead atoms. The number of amides is 2. The lowest BCUT2D eigenvalue weighted by atomic mass is 10.1. The first-order valence-corrected chi connectivity index (χ1v) is 5.91. The number of hydrogen-bond donors (Lipinski definition) is 2. The topological polar surface area (TPSA) is 41.1 Å². The van der Waals surface area contributed by atoms with E-state index in [0.29, 0.717) is 0 Å². The molecule has 1 heterocycles. The van der Waals surface area contributed by atoms with Crippen LogP contribution in [-0.4, -0.2) is 19.1 Å². The molecule has 0 aliphatic carbocycles. The smallest absolute Gasteiger partial charge is 0.314 e. The summed E-state index contributed by atoms with van der Waals surface area (Å²) < 4.78 is 0. The zero-order chi connectivity index (χ0) is 10.1. The van der Waals surface area contributed by atoms with E-state index in [-0.39, 0.29) is 18.4 Å². The van der Waals surface area contributed by atoms with Crippen LogP contribution in [0.5, 0.6) is 0 Å². The molecule has 1 aliphatic heterocycles. The molecule has 0 aromatic rings. The van der Waals surface area contributed by atoms with Crippen LogP contribution in [0.15, 0.2) is 0 Å². The Morgan fingerprint density at radius 3 is 1.40 bits per heavy atom. The van der Waals surface area contributed by atoms with Crippen LogP contribution in [0.3, 0.4) is 0 Å². The summed E-state index contributed by atoms with van der Waals surface area (Å²) >= 11 is 0. The van der Waals surface area contributed by atoms with Gasteiger partial charge in [-0.05, 0) is 12.8 Å². The highest BCUT2D eigenvalue weighted by atomic mass is 35.5. The van der Waals surface area contributed by atoms with Gasteiger partial charge in [-0.3, -0.25) is 0 Å². The fourth-order valence-electron chi connectivity index (χ4n) is 1.78. The van der Waals surface area contributed by atoms with E-state index in [1.54, 1.807) is 0 Å². The van der Waals surface area contributed by atoms with E-state index >= 15 is 0 Å². The highest BCUT2D eigenvalue weighted by Gasteiger charge is 1.99. The molecule has 4 heteroatoms. The van der Waals surface area contributed by atoms with Gasteiger partial charge in [0.25, 0.3) is 0 Å². The van der Waals surface area contributed by atoms with Crippen molar-refractivity contribution in [2.24, 2.45) is 0 Å². The van der Waals surface area contributed by atoms with Crippen LogP contribution in [0.1, 0.15) is 51.4 Å². The second kappa shape index (κ2) is 10.1. The molecule has 1 aliphatic rings. The summed E-state index contributed by atoms with van der Waals surface area (Å²) in [5.74, 6) is 0. The normalized spacial score (nSPS) is 20.7. The number of hydrogen-bond acceptors (Lipinski definition) is 1. The van der Waals surface area contributed by atoms with E-state index in [0.717, 1.165) is 25.9 Å². The molecule has 0 atom stereocenters. The first kappa shape index (κ1) is 14.6. The van der Waals surface area contributed by atoms with Gasteiger partial charge in [-0.2, -0.15) is 0 Å². The van der Waals surface area contributed by atoms with Gasteiger partial charge in [0.1, 0.15) is 0 Å². The summed E-state index contributed by atoms with van der Waals surface area (Å²) in [5.41, 5.74) is 0. The number of nitrogens with one attached hydrogen (secondary N) is 2. The molecule has 0 unspecified atom stereocenters. The lowest BCUT2D eigenvalue weighted by molar-refractivity contribution is 0.240. The van der Waals surface area contributed by atoms with Crippen LogP contribution < -0.4 is 10.6 Å². The minimum absolute atomic E-state index is 0. The maximum Gasteiger partial charge on any atom is 0.314 e. The van der Waals surface area contributed by atoms with Crippen LogP contribution in [0.2, 0.25) is 0 Å². The quantitative estimate of drug-likeness (QED) is 0.665. The Morgan fingerprint density at radius 2 is 1.00 bits per heavy atom. The van der Waals surface area contributed by atoms with Crippen molar-refractivity contribution in [3.63, 3.8) is 0 Å². The molecule has 0 aromatic carbocycles. The minimum Gasteiger partial charge on any atom is -0.338 e. The Kier molecular flexibility index (Phi) is 9.79. The molecule has 15 heavy (non-hydrogen) atoms. The van der Waals surface area contributed by atoms with E-state index in [9.17, 15) is 4.79 Å². The van der Waals surface area contributed by atoms with Crippen LogP contribution in [0, 0.1) is 0 Å². The largest absolute Gasteiger partial charge is 0.338 e. The van der Waals surface area contributed by atoms with E-state index < -0.39 is 0 Å². The van der Waals surface area contributed by atoms with Crippen molar-refractivity contribution in [1.29, 1.82) is 0 Å². The SMILES string of the molecule is Cl.O=C1NCCCCCCCCCCN1. The van der Waals surface area contributed by atoms with Crippen LogP contribution in [-0.2, 0) is 0 Å². The maximum atomic E-state index is 11.2. The van der Waals surface area contributed by atoms with Crippen LogP contribution in [0.25, 0.3) is 0 Å². The molecule has 1 fully saturated rings. The lowest BCUT2D eigenvalue weighted by Gasteiger charge is -2.05. The van der Waals surface area contributed by atoms with Gasteiger partial charge >= 0.3 is 6.03 Å². The third kappa shape index (κ3) is 8.55. The summed E-state index contributed by atoms with van der Waals surface area (Å²) in [6.07, 6.45) is 10.1. The molecule has 1 rings (SSSR count). The minimum atomic E-state index is 0. The van der Waals surface area contributed by atoms with Crippen molar-refractivity contribution in [1.82, 2.24) is 10.6 Å². The lowest BCUT2D eigenvalue weighted by Crippen LogP contribution is -2.36. The third-order valence-corrected chi connectivity index (χ3v) is 2.67. The van der Waals surface area contributed by atoms with Crippen molar-refractivity contribution in [2.45, 2.75) is 51.4 Å². The van der Waals surface area contributed by atoms with Gasteiger partial charge in [-0.15, -0.1) is 12.4 Å². The summed E-state index contributed by atoms with van der Waals surface area (Å²) in [5, 5.41) is 5.74. The van der Waals surface area contributed by atoms with E-state index in [1.165, 1.54) is 38.5 Å². The van der Waals surface area contributed by atoms with Crippen molar-refractivity contribution in [3.8, 4) is 0 Å². The number of carbonyl (C=O) groups is 1. The van der Waals surface area contributed by atoms with Gasteiger partial charge in [0.15, 0.2) is 0 Å². The Balaban J connectivity index is 0.00000196. The number of urea groups is 1. The number of halogens is 1. The summed E-state index contributed by atoms with van der Waals surface area (Å²) in [7, 11) is 0. The second-order valence-electron chi connectivity index (χ2n) is 4.01. The van der Waals surface area contributed by atoms with Gasteiger partial charge in [-0.1, -0.05) is 38.5 Å². The Hall–Kier alpha value is -0.440. The molecule has 2 amide bonds. The van der Waals surface area contributed by atoms with Crippen LogP contribution >= 0.6 is 12.4 Å². The zero-order valence-electron chi connectivity index (χ0n) is 9.39. The molecule has 1 saturated heterocycles. The molecule has 3 nitrogen and oxygen atoms in total. The zero-order valence-corrected chi connectivity index (χ0v) is 10.2. The fraction of sp³-hybridized carbons (Fsp3) is 0.909. The second-order valence-corrected chi connectivity index (χ2v) is 4.01. The van der Waals surface area contributed by atoms with Crippen molar-refractivity contribution in [2.75, 3.05) is 13.1 Å². The van der Waals surface area contributed by atoms with Crippen molar-refractivity contribution < 1.29 is 4.79 Å². The van der Waals surface area contributed by atoms with Crippen molar-refractivity contribution >= 4 is 18.4 Å². The average Bonchev–Trinajstić information content (AvgIpc) is 2.20. The molecule has 0 spiro atoms. The van der Waals surface area contributed by atoms with Gasteiger partial charge < -0.3 is 10.6 Å². The Labute approximate surface area is 98.8 Å². The molecular formula is C11H23ClN2O. The molecule has 90 valence electrons. The predicted octanol–water partition coefficient (Wildman–Crippen LogP) is 2.84. The number of carbonyl (C=O) groups excluding carboxylic acids is 1. The number of rotatable bonds is 0. The first-order valence-electron chi connectivity index (χ1n) is 5.91. The summed E-state index contributed by atoms with van der Waals surface area (Å²) in [6.45, 7) is 1.65. The van der Waals surface area contributed by atoms with Crippen molar-refractivity contribution in [3.05, 3.63) is 0 Å². The Morgan fingerprint density at radius 1 is 0.667 bits per heavy atom.